The van der Waals surface area contributed by atoms with E-state index < -0.39 is 0 Å². The van der Waals surface area contributed by atoms with Gasteiger partial charge in [0.25, 0.3) is 0 Å². The molecule has 1 heterocycles. The first-order chi connectivity index (χ1) is 4.83. The molecule has 1 aliphatic rings. The number of nitrogens with one attached hydrogen (secondary N) is 1. The minimum Gasteiger partial charge on any atom is -0.302 e. The molecule has 1 saturated heterocycles. The number of hydrogen-bond acceptors (Lipinski definition) is 3. The maximum absolute atomic E-state index is 5.16. The van der Waals surface area contributed by atoms with Crippen LogP contribution in [0.25, 0.3) is 0 Å². The van der Waals surface area contributed by atoms with E-state index in [4.69, 9.17) is 5.84 Å². The second-order valence-electron chi connectivity index (χ2n) is 3.15. The zero-order valence-electron chi connectivity index (χ0n) is 6.64. The molecule has 3 heteroatoms. The number of nitrogens with two attached hydrogens (primary N) is 1. The number of likely N-dealkylation sites (tertiary alicyclic amines) is 1. The van der Waals surface area contributed by atoms with Crippen molar-refractivity contribution in [2.24, 2.45) is 11.8 Å². The maximum atomic E-state index is 5.16. The van der Waals surface area contributed by atoms with Crippen LogP contribution in [0.4, 0.5) is 0 Å². The molecule has 0 radical (unpaired) electrons. The predicted molar refractivity (Wildman–Crippen MR) is 42.4 cm³/mol. The minimum atomic E-state index is 0.887. The zero-order valence-corrected chi connectivity index (χ0v) is 6.64. The Labute approximate surface area is 62.5 Å². The van der Waals surface area contributed by atoms with Crippen molar-refractivity contribution in [1.29, 1.82) is 0 Å². The Morgan fingerprint density at radius 3 is 3.00 bits per heavy atom. The van der Waals surface area contributed by atoms with Gasteiger partial charge in [0, 0.05) is 19.6 Å². The average Bonchev–Trinajstić information content (AvgIpc) is 2.31. The molecule has 0 aromatic heterocycles. The molecule has 0 aromatic carbocycles. The summed E-state index contributed by atoms with van der Waals surface area (Å²) < 4.78 is 0. The third kappa shape index (κ3) is 2.25. The number of rotatable bonds is 3. The summed E-state index contributed by atoms with van der Waals surface area (Å²) in [4.78, 5) is 2.45. The van der Waals surface area contributed by atoms with Gasteiger partial charge < -0.3 is 4.90 Å². The van der Waals surface area contributed by atoms with Gasteiger partial charge in [-0.2, -0.15) is 0 Å². The van der Waals surface area contributed by atoms with Crippen molar-refractivity contribution < 1.29 is 0 Å². The first-order valence-corrected chi connectivity index (χ1v) is 3.98. The molecule has 10 heavy (non-hydrogen) atoms. The van der Waals surface area contributed by atoms with Gasteiger partial charge >= 0.3 is 0 Å². The van der Waals surface area contributed by atoms with Gasteiger partial charge in [0.05, 0.1) is 0 Å². The molecular formula is C7H17N3. The van der Waals surface area contributed by atoms with Crippen molar-refractivity contribution in [3.8, 4) is 0 Å². The first-order valence-electron chi connectivity index (χ1n) is 3.98. The molecule has 3 nitrogen and oxygen atoms in total. The molecule has 0 bridgehead atoms. The van der Waals surface area contributed by atoms with Gasteiger partial charge in [0.15, 0.2) is 0 Å². The highest BCUT2D eigenvalue weighted by Crippen LogP contribution is 2.13. The zero-order chi connectivity index (χ0) is 7.40. The molecular weight excluding hydrogens is 126 g/mol. The van der Waals surface area contributed by atoms with Gasteiger partial charge in [-0.1, -0.05) is 6.92 Å². The van der Waals surface area contributed by atoms with Crippen molar-refractivity contribution in [3.05, 3.63) is 0 Å². The fraction of sp³-hybridized carbons (Fsp3) is 1.00. The highest BCUT2D eigenvalue weighted by Gasteiger charge is 2.16. The lowest BCUT2D eigenvalue weighted by atomic mass is 10.2. The van der Waals surface area contributed by atoms with E-state index >= 15 is 0 Å². The fourth-order valence-electron chi connectivity index (χ4n) is 1.45. The highest BCUT2D eigenvalue weighted by molar-refractivity contribution is 4.71. The summed E-state index contributed by atoms with van der Waals surface area (Å²) in [6.07, 6.45) is 1.35. The molecule has 3 N–H and O–H groups in total. The smallest absolute Gasteiger partial charge is 0.0225 e. The predicted octanol–water partition coefficient (Wildman–Crippen LogP) is -0.208. The largest absolute Gasteiger partial charge is 0.302 e. The molecule has 1 rings (SSSR count). The van der Waals surface area contributed by atoms with Crippen LogP contribution in [0.1, 0.15) is 13.3 Å². The van der Waals surface area contributed by atoms with E-state index in [0.29, 0.717) is 0 Å². The van der Waals surface area contributed by atoms with Crippen LogP contribution < -0.4 is 11.3 Å². The highest BCUT2D eigenvalue weighted by atomic mass is 15.2. The van der Waals surface area contributed by atoms with E-state index in [0.717, 1.165) is 19.0 Å². The average molecular weight is 143 g/mol. The van der Waals surface area contributed by atoms with E-state index in [1.165, 1.54) is 19.5 Å². The van der Waals surface area contributed by atoms with Crippen molar-refractivity contribution in [1.82, 2.24) is 10.3 Å². The van der Waals surface area contributed by atoms with Gasteiger partial charge in [0.1, 0.15) is 0 Å². The second kappa shape index (κ2) is 3.91. The van der Waals surface area contributed by atoms with E-state index in [-0.39, 0.29) is 0 Å². The Morgan fingerprint density at radius 1 is 1.70 bits per heavy atom. The van der Waals surface area contributed by atoms with Crippen LogP contribution in [0.15, 0.2) is 0 Å². The van der Waals surface area contributed by atoms with Gasteiger partial charge in [-0.3, -0.25) is 11.3 Å². The molecule has 60 valence electrons. The van der Waals surface area contributed by atoms with Gasteiger partial charge in [-0.25, -0.2) is 0 Å². The summed E-state index contributed by atoms with van der Waals surface area (Å²) in [5.74, 6) is 6.05. The molecule has 0 spiro atoms. The molecule has 0 saturated carbocycles. The van der Waals surface area contributed by atoms with E-state index in [1.54, 1.807) is 0 Å². The molecule has 1 aliphatic heterocycles. The maximum Gasteiger partial charge on any atom is 0.0225 e. The monoisotopic (exact) mass is 143 g/mol. The van der Waals surface area contributed by atoms with Gasteiger partial charge in [-0.15, -0.1) is 0 Å². The van der Waals surface area contributed by atoms with Crippen molar-refractivity contribution in [3.63, 3.8) is 0 Å². The lowest BCUT2D eigenvalue weighted by molar-refractivity contribution is 0.326. The number of nitrogens with zero attached hydrogens (tertiary/aromatic N) is 1. The standard InChI is InChI=1S/C7H17N3/c1-7-2-4-10(6-7)5-3-9-8/h7,9H,2-6,8H2,1H3. The molecule has 1 unspecified atom stereocenters. The summed E-state index contributed by atoms with van der Waals surface area (Å²) in [6.45, 7) is 6.81. The normalized spacial score (nSPS) is 27.6. The van der Waals surface area contributed by atoms with Crippen LogP contribution in [-0.2, 0) is 0 Å². The van der Waals surface area contributed by atoms with E-state index in [9.17, 15) is 0 Å². The van der Waals surface area contributed by atoms with Crippen LogP contribution in [0.2, 0.25) is 0 Å². The molecule has 0 aromatic rings. The van der Waals surface area contributed by atoms with Crippen LogP contribution in [0.3, 0.4) is 0 Å². The molecule has 0 amide bonds. The SMILES string of the molecule is CC1CCN(CCNN)C1. The molecule has 0 aliphatic carbocycles. The third-order valence-electron chi connectivity index (χ3n) is 2.08. The molecule has 1 atom stereocenters. The topological polar surface area (TPSA) is 41.3 Å². The lowest BCUT2D eigenvalue weighted by Crippen LogP contribution is -2.33. The van der Waals surface area contributed by atoms with Crippen LogP contribution >= 0.6 is 0 Å². The van der Waals surface area contributed by atoms with Crippen molar-refractivity contribution in [2.75, 3.05) is 26.2 Å². The van der Waals surface area contributed by atoms with Crippen LogP contribution in [-0.4, -0.2) is 31.1 Å². The Bertz CT molecular complexity index is 94.9. The summed E-state index contributed by atoms with van der Waals surface area (Å²) in [5, 5.41) is 0. The number of hydrazine groups is 1. The summed E-state index contributed by atoms with van der Waals surface area (Å²) in [5.41, 5.74) is 2.67. The summed E-state index contributed by atoms with van der Waals surface area (Å²) in [7, 11) is 0. The van der Waals surface area contributed by atoms with Crippen LogP contribution in [0.5, 0.6) is 0 Å². The fourth-order valence-corrected chi connectivity index (χ4v) is 1.45. The van der Waals surface area contributed by atoms with Crippen molar-refractivity contribution in [2.45, 2.75) is 13.3 Å². The quantitative estimate of drug-likeness (QED) is 0.424. The van der Waals surface area contributed by atoms with Gasteiger partial charge in [0.2, 0.25) is 0 Å². The van der Waals surface area contributed by atoms with Crippen molar-refractivity contribution >= 4 is 0 Å². The van der Waals surface area contributed by atoms with E-state index in [2.05, 4.69) is 17.2 Å². The first kappa shape index (κ1) is 7.98. The minimum absolute atomic E-state index is 0.887. The third-order valence-corrected chi connectivity index (χ3v) is 2.08. The Morgan fingerprint density at radius 2 is 2.50 bits per heavy atom. The van der Waals surface area contributed by atoms with Crippen LogP contribution in [0, 0.1) is 5.92 Å². The summed E-state index contributed by atoms with van der Waals surface area (Å²) >= 11 is 0. The van der Waals surface area contributed by atoms with E-state index in [1.807, 2.05) is 0 Å². The van der Waals surface area contributed by atoms with Gasteiger partial charge in [-0.05, 0) is 18.9 Å². The number of hydrogen-bond donors (Lipinski definition) is 2. The molecule has 1 fully saturated rings. The Kier molecular flexibility index (Phi) is 3.12. The Hall–Kier alpha value is -0.120. The second-order valence-corrected chi connectivity index (χ2v) is 3.15. The summed E-state index contributed by atoms with van der Waals surface area (Å²) in [6, 6.07) is 0. The lowest BCUT2D eigenvalue weighted by Gasteiger charge is -2.13. The Balaban J connectivity index is 2.06.